The van der Waals surface area contributed by atoms with Crippen LogP contribution < -0.4 is 26.5 Å². The van der Waals surface area contributed by atoms with E-state index in [0.717, 1.165) is 5.56 Å². The van der Waals surface area contributed by atoms with Crippen molar-refractivity contribution in [2.24, 2.45) is 0 Å². The Morgan fingerprint density at radius 1 is 0.649 bits per heavy atom. The minimum atomic E-state index is -1.28. The van der Waals surface area contributed by atoms with Gasteiger partial charge in [0.2, 0.25) is 0 Å². The number of carboxylic acid groups (broad SMARTS) is 1. The number of carbonyl (C=O) groups is 3. The number of Topliss-reactive ketones (excluding diaryl/α,β-unsaturated/α-hetero) is 2. The van der Waals surface area contributed by atoms with Crippen molar-refractivity contribution in [1.29, 1.82) is 0 Å². The number of methoxy groups -OCH3 is 1. The van der Waals surface area contributed by atoms with Crippen LogP contribution in [0.1, 0.15) is 58.8 Å². The van der Waals surface area contributed by atoms with Gasteiger partial charge < -0.3 is 30.7 Å². The van der Waals surface area contributed by atoms with E-state index in [2.05, 4.69) is 20.8 Å². The lowest BCUT2D eigenvalue weighted by molar-refractivity contribution is 0.0693. The molecule has 0 amide bonds. The molecule has 6 rings (SSSR count). The summed E-state index contributed by atoms with van der Waals surface area (Å²) in [4.78, 5) is 61.8. The Hall–Kier alpha value is -7.55. The summed E-state index contributed by atoms with van der Waals surface area (Å²) >= 11 is 0. The van der Waals surface area contributed by atoms with Crippen LogP contribution in [0.15, 0.2) is 107 Å². The van der Waals surface area contributed by atoms with Crippen molar-refractivity contribution < 1.29 is 34.4 Å². The van der Waals surface area contributed by atoms with E-state index in [9.17, 15) is 34.2 Å². The lowest BCUT2D eigenvalue weighted by atomic mass is 10.0. The largest absolute Gasteiger partial charge is 0.507 e. The number of carbonyl (C=O) groups excluding carboxylic acids is 2. The lowest BCUT2D eigenvalue weighted by Crippen LogP contribution is -2.28. The van der Waals surface area contributed by atoms with Crippen LogP contribution >= 0.6 is 0 Å². The van der Waals surface area contributed by atoms with Gasteiger partial charge in [0, 0.05) is 47.7 Å². The molecule has 0 atom stereocenters. The summed E-state index contributed by atoms with van der Waals surface area (Å²) in [6.45, 7) is 6.94. The first kappa shape index (κ1) is 40.6. The van der Waals surface area contributed by atoms with Crippen LogP contribution in [-0.4, -0.2) is 59.5 Å². The number of nitrogens with one attached hydrogen (secondary N) is 2. The standard InChI is InChI=1S/C21H19N3O5.C21H21N3O4/c1-3-24-20(27)19(22-14-9-10-15(21(28)29)16(26)11-14)17(12(2)25)18(23-24)13-7-5-4-6-8-13;1-4-24-21(27)20(22-15-10-11-17(28-3)16(26)12-15)18(13(2)25)19(23-24)14-8-6-5-7-9-14/h4-11,22,26H,3H2,1-2H3,(H,28,29);5-12,22,26H,4H2,1-3H3. The van der Waals surface area contributed by atoms with Crippen LogP contribution in [0.2, 0.25) is 0 Å². The molecular weight excluding hydrogens is 732 g/mol. The van der Waals surface area contributed by atoms with E-state index >= 15 is 0 Å². The smallest absolute Gasteiger partial charge is 0.339 e. The number of hydrogen-bond acceptors (Lipinski definition) is 12. The number of aromatic hydroxyl groups is 2. The Kier molecular flexibility index (Phi) is 12.6. The number of anilines is 4. The normalized spacial score (nSPS) is 10.5. The second-order valence-electron chi connectivity index (χ2n) is 12.5. The molecule has 292 valence electrons. The van der Waals surface area contributed by atoms with Gasteiger partial charge in [-0.05, 0) is 52.0 Å². The molecule has 0 saturated heterocycles. The molecule has 2 heterocycles. The van der Waals surface area contributed by atoms with Crippen molar-refractivity contribution in [3.63, 3.8) is 0 Å². The summed E-state index contributed by atoms with van der Waals surface area (Å²) in [5.74, 6) is -2.15. The SMILES string of the molecule is CCn1nc(-c2ccccc2)c(C(C)=O)c(Nc2ccc(C(=O)O)c(O)c2)c1=O.CCn1nc(-c2ccccc2)c(C(C)=O)c(Nc2ccc(OC)c(O)c2)c1=O. The number of ether oxygens (including phenoxy) is 1. The number of hydrogen-bond donors (Lipinski definition) is 5. The summed E-state index contributed by atoms with van der Waals surface area (Å²) in [6, 6.07) is 26.7. The Morgan fingerprint density at radius 2 is 1.07 bits per heavy atom. The van der Waals surface area contributed by atoms with Gasteiger partial charge in [0.05, 0.1) is 18.2 Å². The molecule has 15 nitrogen and oxygen atoms in total. The summed E-state index contributed by atoms with van der Waals surface area (Å²) in [6.07, 6.45) is 0. The van der Waals surface area contributed by atoms with Gasteiger partial charge in [0.1, 0.15) is 34.1 Å². The molecule has 0 fully saturated rings. The number of nitrogens with zero attached hydrogens (tertiary/aromatic N) is 4. The van der Waals surface area contributed by atoms with Crippen LogP contribution in [0.4, 0.5) is 22.7 Å². The zero-order valence-electron chi connectivity index (χ0n) is 31.7. The number of aromatic nitrogens is 4. The Morgan fingerprint density at radius 3 is 1.42 bits per heavy atom. The molecule has 5 N–H and O–H groups in total. The van der Waals surface area contributed by atoms with Gasteiger partial charge in [-0.2, -0.15) is 10.2 Å². The Labute approximate surface area is 326 Å². The monoisotopic (exact) mass is 772 g/mol. The van der Waals surface area contributed by atoms with E-state index in [1.807, 2.05) is 36.4 Å². The number of rotatable bonds is 12. The quantitative estimate of drug-likeness (QED) is 0.0804. The zero-order chi connectivity index (χ0) is 41.4. The predicted molar refractivity (Wildman–Crippen MR) is 216 cm³/mol. The number of benzene rings is 4. The van der Waals surface area contributed by atoms with Gasteiger partial charge in [-0.1, -0.05) is 60.7 Å². The van der Waals surface area contributed by atoms with Crippen molar-refractivity contribution in [2.75, 3.05) is 17.7 Å². The number of ketones is 2. The molecule has 0 aliphatic rings. The fourth-order valence-electron chi connectivity index (χ4n) is 5.93. The number of phenols is 2. The van der Waals surface area contributed by atoms with Gasteiger partial charge in [-0.3, -0.25) is 19.2 Å². The third-order valence-electron chi connectivity index (χ3n) is 8.65. The maximum absolute atomic E-state index is 12.9. The second kappa shape index (κ2) is 17.7. The average molecular weight is 773 g/mol. The first-order valence-corrected chi connectivity index (χ1v) is 17.7. The van der Waals surface area contributed by atoms with Crippen LogP contribution in [0, 0.1) is 0 Å². The van der Waals surface area contributed by atoms with Gasteiger partial charge in [0.15, 0.2) is 23.1 Å². The molecule has 0 aliphatic heterocycles. The summed E-state index contributed by atoms with van der Waals surface area (Å²) in [5.41, 5.74) is 2.17. The van der Waals surface area contributed by atoms with E-state index < -0.39 is 22.8 Å². The first-order valence-electron chi connectivity index (χ1n) is 17.7. The molecule has 0 bridgehead atoms. The molecule has 0 radical (unpaired) electrons. The fourth-order valence-corrected chi connectivity index (χ4v) is 5.93. The van der Waals surface area contributed by atoms with Crippen LogP contribution in [0.3, 0.4) is 0 Å². The van der Waals surface area contributed by atoms with Crippen molar-refractivity contribution in [2.45, 2.75) is 40.8 Å². The van der Waals surface area contributed by atoms with E-state index in [-0.39, 0.29) is 57.6 Å². The molecular formula is C42H40N6O9. The Bertz CT molecular complexity index is 2590. The molecule has 6 aromatic rings. The topological polar surface area (TPSA) is 215 Å². The number of phenolic OH excluding ortho intramolecular Hbond substituents is 1. The number of carboxylic acids is 1. The minimum absolute atomic E-state index is 0.00989. The molecule has 57 heavy (non-hydrogen) atoms. The molecule has 0 aliphatic carbocycles. The van der Waals surface area contributed by atoms with Gasteiger partial charge in [-0.15, -0.1) is 0 Å². The van der Waals surface area contributed by atoms with Crippen molar-refractivity contribution in [3.8, 4) is 39.8 Å². The molecule has 0 saturated carbocycles. The zero-order valence-corrected chi connectivity index (χ0v) is 31.7. The third-order valence-corrected chi connectivity index (χ3v) is 8.65. The summed E-state index contributed by atoms with van der Waals surface area (Å²) in [7, 11) is 1.45. The van der Waals surface area contributed by atoms with Crippen molar-refractivity contribution >= 4 is 40.3 Å². The summed E-state index contributed by atoms with van der Waals surface area (Å²) < 4.78 is 7.59. The van der Waals surface area contributed by atoms with E-state index in [1.165, 1.54) is 54.6 Å². The van der Waals surface area contributed by atoms with E-state index in [4.69, 9.17) is 9.84 Å². The predicted octanol–water partition coefficient (Wildman–Crippen LogP) is 6.87. The average Bonchev–Trinajstić information content (AvgIpc) is 3.19. The van der Waals surface area contributed by atoms with Crippen LogP contribution in [0.25, 0.3) is 22.5 Å². The Balaban J connectivity index is 0.000000218. The maximum Gasteiger partial charge on any atom is 0.339 e. The second-order valence-corrected chi connectivity index (χ2v) is 12.5. The highest BCUT2D eigenvalue weighted by Gasteiger charge is 2.24. The van der Waals surface area contributed by atoms with Crippen molar-refractivity contribution in [3.05, 3.63) is 134 Å². The third kappa shape index (κ3) is 8.89. The van der Waals surface area contributed by atoms with Crippen LogP contribution in [0.5, 0.6) is 17.2 Å². The molecule has 2 aromatic heterocycles. The molecule has 4 aromatic carbocycles. The highest BCUT2D eigenvalue weighted by Crippen LogP contribution is 2.33. The number of aromatic carboxylic acids is 1. The highest BCUT2D eigenvalue weighted by molar-refractivity contribution is 6.06. The van der Waals surface area contributed by atoms with Gasteiger partial charge >= 0.3 is 5.97 Å². The van der Waals surface area contributed by atoms with Crippen molar-refractivity contribution in [1.82, 2.24) is 19.6 Å². The molecule has 15 heteroatoms. The minimum Gasteiger partial charge on any atom is -0.507 e. The van der Waals surface area contributed by atoms with Gasteiger partial charge in [0.25, 0.3) is 11.1 Å². The molecule has 0 spiro atoms. The van der Waals surface area contributed by atoms with Gasteiger partial charge in [-0.25, -0.2) is 14.2 Å². The fraction of sp³-hybridized carbons (Fsp3) is 0.167. The van der Waals surface area contributed by atoms with Crippen LogP contribution in [-0.2, 0) is 13.1 Å². The lowest BCUT2D eigenvalue weighted by Gasteiger charge is -2.16. The van der Waals surface area contributed by atoms with E-state index in [1.54, 1.807) is 50.2 Å². The highest BCUT2D eigenvalue weighted by atomic mass is 16.5. The number of aryl methyl sites for hydroxylation is 2. The maximum atomic E-state index is 12.9. The van der Waals surface area contributed by atoms with E-state index in [0.29, 0.717) is 34.9 Å². The summed E-state index contributed by atoms with van der Waals surface area (Å²) in [5, 5.41) is 43.6. The first-order chi connectivity index (χ1) is 27.3. The molecule has 0 unspecified atom stereocenters.